The van der Waals surface area contributed by atoms with Gasteiger partial charge in [0.25, 0.3) is 0 Å². The number of hydrogen-bond donors (Lipinski definition) is 0. The molecule has 0 saturated carbocycles. The van der Waals surface area contributed by atoms with Crippen molar-refractivity contribution in [2.75, 3.05) is 45.8 Å². The molecule has 7 nitrogen and oxygen atoms in total. The van der Waals surface area contributed by atoms with E-state index in [9.17, 15) is 26.4 Å². The topological polar surface area (TPSA) is 73.8 Å². The molecular weight excluding hydrogens is 565 g/mol. The van der Waals surface area contributed by atoms with Crippen LogP contribution in [0.1, 0.15) is 68.9 Å². The number of ketones is 1. The number of piperidine rings is 2. The second-order valence-electron chi connectivity index (χ2n) is 12.1. The highest BCUT2D eigenvalue weighted by molar-refractivity contribution is 7.89. The minimum atomic E-state index is -4.66. The van der Waals surface area contributed by atoms with Crippen LogP contribution in [0.5, 0.6) is 0 Å². The molecule has 1 unspecified atom stereocenters. The number of aromatic nitrogens is 1. The lowest BCUT2D eigenvalue weighted by molar-refractivity contribution is -0.137. The van der Waals surface area contributed by atoms with Crippen molar-refractivity contribution in [2.24, 2.45) is 0 Å². The fraction of sp³-hybridized carbons (Fsp3) is 0.613. The zero-order chi connectivity index (χ0) is 29.8. The van der Waals surface area contributed by atoms with Gasteiger partial charge in [-0.3, -0.25) is 14.7 Å². The summed E-state index contributed by atoms with van der Waals surface area (Å²) in [6.07, 6.45) is 7.24. The average Bonchev–Trinajstić information content (AvgIpc) is 3.52. The molecule has 1 aromatic heterocycles. The minimum Gasteiger partial charge on any atom is -0.303 e. The molecule has 3 aliphatic rings. The lowest BCUT2D eigenvalue weighted by Gasteiger charge is -2.43. The lowest BCUT2D eigenvalue weighted by Crippen LogP contribution is -2.52. The summed E-state index contributed by atoms with van der Waals surface area (Å²) in [5.74, 6) is -0.187. The van der Waals surface area contributed by atoms with E-state index in [1.54, 1.807) is 6.20 Å². The maximum absolute atomic E-state index is 13.6. The monoisotopic (exact) mass is 606 g/mol. The van der Waals surface area contributed by atoms with Crippen molar-refractivity contribution < 1.29 is 26.4 Å². The van der Waals surface area contributed by atoms with Gasteiger partial charge in [-0.05, 0) is 119 Å². The quantitative estimate of drug-likeness (QED) is 0.374. The Labute approximate surface area is 247 Å². The van der Waals surface area contributed by atoms with E-state index in [0.717, 1.165) is 61.8 Å². The van der Waals surface area contributed by atoms with Crippen LogP contribution in [-0.4, -0.2) is 85.1 Å². The lowest BCUT2D eigenvalue weighted by atomic mass is 9.70. The van der Waals surface area contributed by atoms with Crippen LogP contribution in [0.4, 0.5) is 13.2 Å². The van der Waals surface area contributed by atoms with E-state index in [2.05, 4.69) is 20.9 Å². The third kappa shape index (κ3) is 7.06. The molecule has 0 aliphatic carbocycles. The summed E-state index contributed by atoms with van der Waals surface area (Å²) in [5.41, 5.74) is 0.217. The van der Waals surface area contributed by atoms with E-state index in [1.165, 1.54) is 37.6 Å². The predicted molar refractivity (Wildman–Crippen MR) is 154 cm³/mol. The summed E-state index contributed by atoms with van der Waals surface area (Å²) in [6, 6.07) is 7.06. The first-order chi connectivity index (χ1) is 20.1. The molecule has 230 valence electrons. The number of sulfonamides is 1. The highest BCUT2D eigenvalue weighted by Crippen LogP contribution is 2.40. The molecule has 0 bridgehead atoms. The van der Waals surface area contributed by atoms with Gasteiger partial charge in [-0.1, -0.05) is 18.6 Å². The summed E-state index contributed by atoms with van der Waals surface area (Å²) in [6.45, 7) is 5.15. The molecular formula is C31H41F3N4O3S. The zero-order valence-corrected chi connectivity index (χ0v) is 24.9. The highest BCUT2D eigenvalue weighted by Gasteiger charge is 2.41. The van der Waals surface area contributed by atoms with Crippen LogP contribution in [0.2, 0.25) is 0 Å². The van der Waals surface area contributed by atoms with Crippen LogP contribution in [0.3, 0.4) is 0 Å². The Hall–Kier alpha value is -2.34. The van der Waals surface area contributed by atoms with Gasteiger partial charge in [0.05, 0.1) is 23.0 Å². The van der Waals surface area contributed by atoms with Crippen LogP contribution in [0.15, 0.2) is 53.7 Å². The number of benzene rings is 1. The number of carbonyl (C=O) groups is 1. The van der Waals surface area contributed by atoms with E-state index < -0.39 is 32.7 Å². The van der Waals surface area contributed by atoms with Crippen LogP contribution in [0, 0.1) is 0 Å². The Morgan fingerprint density at radius 2 is 1.69 bits per heavy atom. The smallest absolute Gasteiger partial charge is 0.303 e. The van der Waals surface area contributed by atoms with Crippen LogP contribution >= 0.6 is 0 Å². The molecule has 3 aliphatic heterocycles. The molecule has 0 N–H and O–H groups in total. The number of halogens is 3. The summed E-state index contributed by atoms with van der Waals surface area (Å²) >= 11 is 0. The largest absolute Gasteiger partial charge is 0.416 e. The molecule has 0 amide bonds. The molecule has 0 spiro atoms. The first-order valence-corrected chi connectivity index (χ1v) is 16.6. The fourth-order valence-corrected chi connectivity index (χ4v) is 8.68. The molecule has 2 aromatic rings. The van der Waals surface area contributed by atoms with Crippen LogP contribution < -0.4 is 0 Å². The van der Waals surface area contributed by atoms with Gasteiger partial charge in [0.1, 0.15) is 0 Å². The first kappa shape index (κ1) is 31.1. The Morgan fingerprint density at radius 3 is 2.38 bits per heavy atom. The molecule has 11 heteroatoms. The Balaban J connectivity index is 1.25. The van der Waals surface area contributed by atoms with Gasteiger partial charge in [0, 0.05) is 18.9 Å². The van der Waals surface area contributed by atoms with Gasteiger partial charge in [0.15, 0.2) is 5.78 Å². The maximum atomic E-state index is 13.6. The van der Waals surface area contributed by atoms with Crippen LogP contribution in [-0.2, 0) is 26.4 Å². The molecule has 5 rings (SSSR count). The van der Waals surface area contributed by atoms with Crippen molar-refractivity contribution in [3.63, 3.8) is 0 Å². The number of hydrogen-bond acceptors (Lipinski definition) is 6. The Bertz CT molecular complexity index is 1310. The van der Waals surface area contributed by atoms with Crippen molar-refractivity contribution in [2.45, 2.75) is 80.3 Å². The second kappa shape index (κ2) is 13.1. The number of alkyl halides is 3. The fourth-order valence-electron chi connectivity index (χ4n) is 6.95. The van der Waals surface area contributed by atoms with Crippen molar-refractivity contribution in [3.8, 4) is 0 Å². The van der Waals surface area contributed by atoms with Crippen molar-refractivity contribution in [1.82, 2.24) is 19.1 Å². The van der Waals surface area contributed by atoms with Gasteiger partial charge >= 0.3 is 6.18 Å². The van der Waals surface area contributed by atoms with E-state index in [-0.39, 0.29) is 24.3 Å². The van der Waals surface area contributed by atoms with Crippen molar-refractivity contribution in [1.29, 1.82) is 0 Å². The SMILES string of the molecule is O=C(CN1CCC(CCCN2CCCC2)(c2cccnc2)CC1)C1CCCCN1S(=O)(=O)c1cccc(C(F)(F)F)c1. The number of Topliss-reactive ketones (excluding diaryl/α,β-unsaturated/α-hetero) is 1. The van der Waals surface area contributed by atoms with E-state index in [0.29, 0.717) is 25.3 Å². The zero-order valence-electron chi connectivity index (χ0n) is 24.1. The minimum absolute atomic E-state index is 0.00273. The van der Waals surface area contributed by atoms with Crippen molar-refractivity contribution in [3.05, 3.63) is 59.9 Å². The molecule has 1 aromatic carbocycles. The van der Waals surface area contributed by atoms with Crippen LogP contribution in [0.25, 0.3) is 0 Å². The summed E-state index contributed by atoms with van der Waals surface area (Å²) < 4.78 is 68.0. The number of pyridine rings is 1. The van der Waals surface area contributed by atoms with E-state index in [1.807, 2.05) is 12.3 Å². The second-order valence-corrected chi connectivity index (χ2v) is 14.0. The van der Waals surface area contributed by atoms with Gasteiger partial charge in [-0.15, -0.1) is 0 Å². The van der Waals surface area contributed by atoms with Gasteiger partial charge < -0.3 is 4.90 Å². The highest BCUT2D eigenvalue weighted by atomic mass is 32.2. The molecule has 1 atom stereocenters. The summed E-state index contributed by atoms with van der Waals surface area (Å²) in [5, 5.41) is 0. The van der Waals surface area contributed by atoms with Gasteiger partial charge in [-0.25, -0.2) is 8.42 Å². The van der Waals surface area contributed by atoms with Gasteiger partial charge in [0.2, 0.25) is 10.0 Å². The molecule has 3 fully saturated rings. The number of rotatable bonds is 10. The number of nitrogens with zero attached hydrogens (tertiary/aromatic N) is 4. The number of likely N-dealkylation sites (tertiary alicyclic amines) is 2. The van der Waals surface area contributed by atoms with Crippen molar-refractivity contribution >= 4 is 15.8 Å². The Kier molecular flexibility index (Phi) is 9.71. The first-order valence-electron chi connectivity index (χ1n) is 15.2. The number of carbonyl (C=O) groups excluding carboxylic acids is 1. The summed E-state index contributed by atoms with van der Waals surface area (Å²) in [4.78, 5) is 22.2. The maximum Gasteiger partial charge on any atom is 0.416 e. The van der Waals surface area contributed by atoms with Gasteiger partial charge in [-0.2, -0.15) is 17.5 Å². The molecule has 0 radical (unpaired) electrons. The van der Waals surface area contributed by atoms with E-state index >= 15 is 0 Å². The van der Waals surface area contributed by atoms with E-state index in [4.69, 9.17) is 0 Å². The third-order valence-corrected chi connectivity index (χ3v) is 11.3. The Morgan fingerprint density at radius 1 is 0.952 bits per heavy atom. The average molecular weight is 607 g/mol. The molecule has 4 heterocycles. The predicted octanol–water partition coefficient (Wildman–Crippen LogP) is 5.12. The molecule has 42 heavy (non-hydrogen) atoms. The normalized spacial score (nSPS) is 22.8. The third-order valence-electron chi connectivity index (χ3n) is 9.39. The summed E-state index contributed by atoms with van der Waals surface area (Å²) in [7, 11) is -4.27. The standard InChI is InChI=1S/C31H41F3N4O3S/c32-31(33,34)25-8-5-10-27(22-25)42(40,41)38-19-2-1-11-28(38)29(39)24-37-20-13-30(14-21-37,26-9-6-15-35-23-26)12-7-18-36-16-3-4-17-36/h5-6,8-10,15,22-23,28H,1-4,7,11-14,16-21,24H2. The molecule has 3 saturated heterocycles.